The lowest BCUT2D eigenvalue weighted by atomic mass is 9.81. The Morgan fingerprint density at radius 1 is 1.06 bits per heavy atom. The van der Waals surface area contributed by atoms with Crippen molar-refractivity contribution in [3.8, 4) is 5.75 Å². The number of aromatic nitrogens is 3. The van der Waals surface area contributed by atoms with E-state index in [1.807, 2.05) is 0 Å². The molecule has 1 aliphatic heterocycles. The Morgan fingerprint density at radius 3 is 2.66 bits per heavy atom. The van der Waals surface area contributed by atoms with Gasteiger partial charge in [-0.25, -0.2) is 4.98 Å². The van der Waals surface area contributed by atoms with E-state index in [1.54, 1.807) is 53.5 Å². The first-order chi connectivity index (χ1) is 15.4. The minimum atomic E-state index is -4.46. The summed E-state index contributed by atoms with van der Waals surface area (Å²) in [6, 6.07) is 11.5. The van der Waals surface area contributed by atoms with Crippen molar-refractivity contribution in [2.75, 3.05) is 6.61 Å². The van der Waals surface area contributed by atoms with Gasteiger partial charge in [0.25, 0.3) is 5.91 Å². The molecule has 9 heteroatoms. The van der Waals surface area contributed by atoms with E-state index in [-0.39, 0.29) is 6.61 Å². The van der Waals surface area contributed by atoms with Crippen molar-refractivity contribution in [2.45, 2.75) is 18.1 Å². The standard InChI is InChI=1S/C23H17F3N4O2/c24-23(25,26)17-5-3-16(4-6-17)22(8-13-32-18-2-1-9-28-20(18)22)29-21(31)15-7-11-30-12-10-27-19(30)14-15/h1-7,9-12,14H,8,13H2,(H,29,31). The average molecular weight is 438 g/mol. The molecule has 0 saturated heterocycles. The number of fused-ring (bicyclic) bond motifs is 2. The molecule has 4 heterocycles. The number of amides is 1. The highest BCUT2D eigenvalue weighted by molar-refractivity contribution is 5.96. The zero-order valence-corrected chi connectivity index (χ0v) is 16.6. The first-order valence-electron chi connectivity index (χ1n) is 9.88. The zero-order valence-electron chi connectivity index (χ0n) is 16.6. The van der Waals surface area contributed by atoms with Gasteiger partial charge in [-0.15, -0.1) is 0 Å². The van der Waals surface area contributed by atoms with Crippen LogP contribution in [-0.4, -0.2) is 26.9 Å². The van der Waals surface area contributed by atoms with E-state index in [0.717, 1.165) is 12.1 Å². The Bertz CT molecular complexity index is 1300. The maximum atomic E-state index is 13.3. The average Bonchev–Trinajstić information content (AvgIpc) is 3.27. The monoisotopic (exact) mass is 438 g/mol. The summed E-state index contributed by atoms with van der Waals surface area (Å²) in [4.78, 5) is 21.9. The molecule has 0 saturated carbocycles. The first kappa shape index (κ1) is 20.0. The van der Waals surface area contributed by atoms with Gasteiger partial charge in [-0.3, -0.25) is 9.78 Å². The molecule has 1 aromatic carbocycles. The molecule has 4 aromatic rings. The van der Waals surface area contributed by atoms with Crippen molar-refractivity contribution in [2.24, 2.45) is 0 Å². The Kier molecular flexibility index (Phi) is 4.61. The molecule has 0 radical (unpaired) electrons. The number of pyridine rings is 2. The summed E-state index contributed by atoms with van der Waals surface area (Å²) >= 11 is 0. The highest BCUT2D eigenvalue weighted by atomic mass is 19.4. The van der Waals surface area contributed by atoms with Crippen molar-refractivity contribution < 1.29 is 22.7 Å². The van der Waals surface area contributed by atoms with Gasteiger partial charge in [-0.05, 0) is 42.0 Å². The van der Waals surface area contributed by atoms with E-state index in [1.165, 1.54) is 12.1 Å². The van der Waals surface area contributed by atoms with Crippen molar-refractivity contribution in [1.82, 2.24) is 19.7 Å². The van der Waals surface area contributed by atoms with Gasteiger partial charge in [0.2, 0.25) is 0 Å². The number of nitrogens with zero attached hydrogens (tertiary/aromatic N) is 3. The second-order valence-electron chi connectivity index (χ2n) is 7.49. The Labute approximate surface area is 180 Å². The van der Waals surface area contributed by atoms with E-state index in [4.69, 9.17) is 4.74 Å². The van der Waals surface area contributed by atoms with Crippen LogP contribution in [0.25, 0.3) is 5.65 Å². The SMILES string of the molecule is O=C(NC1(c2ccc(C(F)(F)F)cc2)CCOc2cccnc21)c1ccn2ccnc2c1. The van der Waals surface area contributed by atoms with Gasteiger partial charge in [0, 0.05) is 36.8 Å². The smallest absolute Gasteiger partial charge is 0.416 e. The third kappa shape index (κ3) is 3.35. The van der Waals surface area contributed by atoms with Gasteiger partial charge in [0.05, 0.1) is 12.2 Å². The van der Waals surface area contributed by atoms with Crippen LogP contribution in [0.4, 0.5) is 13.2 Å². The molecule has 1 atom stereocenters. The van der Waals surface area contributed by atoms with Crippen molar-refractivity contribution >= 4 is 11.6 Å². The maximum Gasteiger partial charge on any atom is 0.416 e. The number of hydrogen-bond acceptors (Lipinski definition) is 4. The molecule has 6 nitrogen and oxygen atoms in total. The van der Waals surface area contributed by atoms with E-state index >= 15 is 0 Å². The Hall–Kier alpha value is -3.88. The van der Waals surface area contributed by atoms with Crippen LogP contribution in [0.2, 0.25) is 0 Å². The fraction of sp³-hybridized carbons (Fsp3) is 0.174. The minimum absolute atomic E-state index is 0.263. The van der Waals surface area contributed by atoms with Crippen LogP contribution in [0.5, 0.6) is 5.75 Å². The predicted octanol–water partition coefficient (Wildman–Crippen LogP) is 4.20. The molecule has 1 N–H and O–H groups in total. The molecule has 0 aliphatic carbocycles. The molecule has 0 bridgehead atoms. The molecular weight excluding hydrogens is 421 g/mol. The molecular formula is C23H17F3N4O2. The lowest BCUT2D eigenvalue weighted by Gasteiger charge is -2.39. The number of nitrogens with one attached hydrogen (secondary N) is 1. The van der Waals surface area contributed by atoms with Crippen LogP contribution < -0.4 is 10.1 Å². The van der Waals surface area contributed by atoms with E-state index in [9.17, 15) is 18.0 Å². The normalized spacial score (nSPS) is 18.1. The van der Waals surface area contributed by atoms with Crippen LogP contribution in [0.1, 0.15) is 33.6 Å². The summed E-state index contributed by atoms with van der Waals surface area (Å²) < 4.78 is 46.8. The number of carbonyl (C=O) groups is 1. The first-order valence-corrected chi connectivity index (χ1v) is 9.88. The molecule has 1 amide bonds. The molecule has 1 unspecified atom stereocenters. The van der Waals surface area contributed by atoms with Crippen molar-refractivity contribution in [3.05, 3.63) is 95.7 Å². The molecule has 0 fully saturated rings. The third-order valence-electron chi connectivity index (χ3n) is 5.60. The van der Waals surface area contributed by atoms with Gasteiger partial charge in [0.1, 0.15) is 22.6 Å². The van der Waals surface area contributed by atoms with Gasteiger partial charge in [-0.2, -0.15) is 13.2 Å². The van der Waals surface area contributed by atoms with Gasteiger partial charge < -0.3 is 14.5 Å². The summed E-state index contributed by atoms with van der Waals surface area (Å²) in [7, 11) is 0. The van der Waals surface area contributed by atoms with E-state index in [2.05, 4.69) is 15.3 Å². The molecule has 1 aliphatic rings. The summed E-state index contributed by atoms with van der Waals surface area (Å²) in [6.07, 6.45) is 2.52. The lowest BCUT2D eigenvalue weighted by Crippen LogP contribution is -2.50. The quantitative estimate of drug-likeness (QED) is 0.521. The van der Waals surface area contributed by atoms with E-state index in [0.29, 0.717) is 34.6 Å². The Morgan fingerprint density at radius 2 is 1.88 bits per heavy atom. The third-order valence-corrected chi connectivity index (χ3v) is 5.60. The van der Waals surface area contributed by atoms with Crippen LogP contribution in [0, 0.1) is 0 Å². The number of benzene rings is 1. The molecule has 162 valence electrons. The second kappa shape index (κ2) is 7.37. The fourth-order valence-electron chi connectivity index (χ4n) is 4.00. The van der Waals surface area contributed by atoms with Crippen LogP contribution in [-0.2, 0) is 11.7 Å². The van der Waals surface area contributed by atoms with Crippen LogP contribution >= 0.6 is 0 Å². The van der Waals surface area contributed by atoms with Gasteiger partial charge in [-0.1, -0.05) is 12.1 Å². The number of ether oxygens (including phenoxy) is 1. The Balaban J connectivity index is 1.60. The highest BCUT2D eigenvalue weighted by Crippen LogP contribution is 2.41. The van der Waals surface area contributed by atoms with Gasteiger partial charge in [0.15, 0.2) is 0 Å². The zero-order chi connectivity index (χ0) is 22.3. The number of carbonyl (C=O) groups excluding carboxylic acids is 1. The molecule has 3 aromatic heterocycles. The second-order valence-corrected chi connectivity index (χ2v) is 7.49. The molecule has 0 spiro atoms. The van der Waals surface area contributed by atoms with Crippen LogP contribution in [0.3, 0.4) is 0 Å². The summed E-state index contributed by atoms with van der Waals surface area (Å²) in [5, 5.41) is 3.04. The topological polar surface area (TPSA) is 68.5 Å². The summed E-state index contributed by atoms with van der Waals surface area (Å²) in [5.74, 6) is 0.0801. The van der Waals surface area contributed by atoms with Gasteiger partial charge >= 0.3 is 6.18 Å². The fourth-order valence-corrected chi connectivity index (χ4v) is 4.00. The lowest BCUT2D eigenvalue weighted by molar-refractivity contribution is -0.137. The minimum Gasteiger partial charge on any atom is -0.491 e. The number of alkyl halides is 3. The number of halogens is 3. The van der Waals surface area contributed by atoms with Crippen molar-refractivity contribution in [1.29, 1.82) is 0 Å². The predicted molar refractivity (Wildman–Crippen MR) is 109 cm³/mol. The van der Waals surface area contributed by atoms with Crippen LogP contribution in [0.15, 0.2) is 73.3 Å². The highest BCUT2D eigenvalue weighted by Gasteiger charge is 2.43. The maximum absolute atomic E-state index is 13.3. The number of hydrogen-bond donors (Lipinski definition) is 1. The molecule has 32 heavy (non-hydrogen) atoms. The summed E-state index contributed by atoms with van der Waals surface area (Å²) in [6.45, 7) is 0.263. The van der Waals surface area contributed by atoms with Crippen molar-refractivity contribution in [3.63, 3.8) is 0 Å². The largest absolute Gasteiger partial charge is 0.491 e. The van der Waals surface area contributed by atoms with E-state index < -0.39 is 23.2 Å². The number of rotatable bonds is 3. The summed E-state index contributed by atoms with van der Waals surface area (Å²) in [5.41, 5.74) is -0.00541. The molecule has 5 rings (SSSR count). The number of imidazole rings is 1.